The van der Waals surface area contributed by atoms with E-state index < -0.39 is 42.3 Å². The summed E-state index contributed by atoms with van der Waals surface area (Å²) in [6, 6.07) is 3.71. The summed E-state index contributed by atoms with van der Waals surface area (Å²) in [6.07, 6.45) is 0. The molecule has 1 saturated heterocycles. The molecule has 1 aromatic heterocycles. The molecule has 0 saturated carbocycles. The number of halogens is 1. The van der Waals surface area contributed by atoms with E-state index in [0.717, 1.165) is 6.07 Å². The van der Waals surface area contributed by atoms with E-state index in [1.54, 1.807) is 13.8 Å². The molecule has 2 aromatic rings. The van der Waals surface area contributed by atoms with E-state index in [2.05, 4.69) is 10.3 Å². The summed E-state index contributed by atoms with van der Waals surface area (Å²) >= 11 is 0. The number of aromatic hydroxyl groups is 1. The van der Waals surface area contributed by atoms with Crippen LogP contribution in [0.5, 0.6) is 5.75 Å². The zero-order valence-corrected chi connectivity index (χ0v) is 20.3. The lowest BCUT2D eigenvalue weighted by atomic mass is 9.97. The molecular formula is C22H28FN3O7P. The Bertz CT molecular complexity index is 1190. The summed E-state index contributed by atoms with van der Waals surface area (Å²) in [7, 11) is -3.57. The number of fused-ring (bicyclic) bond motifs is 1. The van der Waals surface area contributed by atoms with Gasteiger partial charge in [0, 0.05) is 12.0 Å². The van der Waals surface area contributed by atoms with Crippen LogP contribution < -0.4 is 16.2 Å². The fraction of sp³-hybridized carbons (Fsp3) is 0.500. The van der Waals surface area contributed by atoms with Crippen molar-refractivity contribution >= 4 is 19.2 Å². The number of carbonyl (C=O) groups is 1. The van der Waals surface area contributed by atoms with Gasteiger partial charge in [-0.25, -0.2) is 9.37 Å². The van der Waals surface area contributed by atoms with Crippen LogP contribution in [-0.2, 0) is 32.5 Å². The zero-order chi connectivity index (χ0) is 24.9. The summed E-state index contributed by atoms with van der Waals surface area (Å²) in [4.78, 5) is 40.8. The molecule has 2 aliphatic heterocycles. The molecule has 4 rings (SSSR count). The second kappa shape index (κ2) is 8.66. The van der Waals surface area contributed by atoms with Crippen LogP contribution in [0.15, 0.2) is 23.0 Å². The topological polar surface area (TPSA) is 132 Å². The SMILES string of the molecule is CC1(C)CO[P](O)(c2cc(F)ccc2CNC(=O)c2nc3n(c(=O)c2O)CCOC3(C)C)OC1. The van der Waals surface area contributed by atoms with Crippen molar-refractivity contribution in [1.29, 1.82) is 0 Å². The maximum atomic E-state index is 14.0. The van der Waals surface area contributed by atoms with Crippen molar-refractivity contribution < 1.29 is 33.0 Å². The highest BCUT2D eigenvalue weighted by Crippen LogP contribution is 2.60. The molecule has 2 aliphatic rings. The minimum atomic E-state index is -3.57. The van der Waals surface area contributed by atoms with Crippen molar-refractivity contribution in [2.75, 3.05) is 19.8 Å². The van der Waals surface area contributed by atoms with Crippen LogP contribution in [0.25, 0.3) is 0 Å². The van der Waals surface area contributed by atoms with Gasteiger partial charge in [-0.2, -0.15) is 0 Å². The van der Waals surface area contributed by atoms with Crippen molar-refractivity contribution in [2.24, 2.45) is 5.41 Å². The molecule has 185 valence electrons. The van der Waals surface area contributed by atoms with Crippen molar-refractivity contribution in [1.82, 2.24) is 14.9 Å². The maximum absolute atomic E-state index is 14.0. The predicted octanol–water partition coefficient (Wildman–Crippen LogP) is 1.74. The van der Waals surface area contributed by atoms with Gasteiger partial charge >= 0.3 is 0 Å². The van der Waals surface area contributed by atoms with E-state index in [4.69, 9.17) is 13.8 Å². The van der Waals surface area contributed by atoms with Gasteiger partial charge in [-0.3, -0.25) is 14.2 Å². The third kappa shape index (κ3) is 4.58. The Labute approximate surface area is 196 Å². The number of rotatable bonds is 4. The van der Waals surface area contributed by atoms with Crippen LogP contribution in [0, 0.1) is 11.2 Å². The first-order chi connectivity index (χ1) is 15.8. The normalized spacial score (nSPS) is 20.4. The average molecular weight is 496 g/mol. The molecule has 10 nitrogen and oxygen atoms in total. The van der Waals surface area contributed by atoms with Gasteiger partial charge in [0.25, 0.3) is 19.4 Å². The van der Waals surface area contributed by atoms with Gasteiger partial charge in [0.1, 0.15) is 17.2 Å². The van der Waals surface area contributed by atoms with Gasteiger partial charge in [-0.05, 0) is 31.5 Å². The average Bonchev–Trinajstić information content (AvgIpc) is 2.77. The molecule has 0 aliphatic carbocycles. The van der Waals surface area contributed by atoms with Crippen LogP contribution >= 0.6 is 7.94 Å². The lowest BCUT2D eigenvalue weighted by Gasteiger charge is -2.41. The number of nitrogens with zero attached hydrogens (tertiary/aromatic N) is 2. The van der Waals surface area contributed by atoms with Crippen molar-refractivity contribution in [3.8, 4) is 5.75 Å². The Morgan fingerprint density at radius 3 is 2.62 bits per heavy atom. The van der Waals surface area contributed by atoms with Gasteiger partial charge < -0.3 is 29.1 Å². The third-order valence-electron chi connectivity index (χ3n) is 5.73. The number of carbonyl (C=O) groups excluding carboxylic acids is 1. The van der Waals surface area contributed by atoms with Crippen molar-refractivity contribution in [3.63, 3.8) is 0 Å². The van der Waals surface area contributed by atoms with Gasteiger partial charge in [-0.15, -0.1) is 0 Å². The van der Waals surface area contributed by atoms with Gasteiger partial charge in [0.2, 0.25) is 5.75 Å². The number of hydrogen-bond acceptors (Lipinski definition) is 8. The van der Waals surface area contributed by atoms with Gasteiger partial charge in [-0.1, -0.05) is 19.9 Å². The van der Waals surface area contributed by atoms with Crippen LogP contribution in [-0.4, -0.2) is 45.3 Å². The molecule has 12 heteroatoms. The third-order valence-corrected chi connectivity index (χ3v) is 7.71. The summed E-state index contributed by atoms with van der Waals surface area (Å²) in [5.41, 5.74) is -2.06. The second-order valence-corrected chi connectivity index (χ2v) is 11.7. The minimum absolute atomic E-state index is 0.112. The molecule has 1 fully saturated rings. The number of hydrogen-bond donors (Lipinski definition) is 3. The maximum Gasteiger partial charge on any atom is 0.296 e. The zero-order valence-electron chi connectivity index (χ0n) is 19.4. The molecule has 0 atom stereocenters. The number of ether oxygens (including phenoxy) is 1. The monoisotopic (exact) mass is 496 g/mol. The largest absolute Gasteiger partial charge is 0.501 e. The number of nitrogens with one attached hydrogen (secondary N) is 1. The quantitative estimate of drug-likeness (QED) is 0.546. The van der Waals surface area contributed by atoms with E-state index in [1.165, 1.54) is 16.7 Å². The van der Waals surface area contributed by atoms with Crippen LogP contribution in [0.4, 0.5) is 4.39 Å². The van der Waals surface area contributed by atoms with Crippen LogP contribution in [0.3, 0.4) is 0 Å². The number of amides is 1. The fourth-order valence-electron chi connectivity index (χ4n) is 3.78. The molecular weight excluding hydrogens is 468 g/mol. The molecule has 1 radical (unpaired) electrons. The first-order valence-electron chi connectivity index (χ1n) is 10.8. The van der Waals surface area contributed by atoms with E-state index >= 15 is 0 Å². The van der Waals surface area contributed by atoms with Gasteiger partial charge in [0.15, 0.2) is 5.69 Å². The van der Waals surface area contributed by atoms with Crippen LogP contribution in [0.2, 0.25) is 0 Å². The number of benzene rings is 1. The van der Waals surface area contributed by atoms with E-state index in [1.807, 2.05) is 13.8 Å². The summed E-state index contributed by atoms with van der Waals surface area (Å²) in [5, 5.41) is 13.0. The lowest BCUT2D eigenvalue weighted by molar-refractivity contribution is -0.0566. The summed E-state index contributed by atoms with van der Waals surface area (Å²) < 4.78 is 32.2. The molecule has 3 N–H and O–H groups in total. The summed E-state index contributed by atoms with van der Waals surface area (Å²) in [5.74, 6) is -1.96. The lowest BCUT2D eigenvalue weighted by Crippen LogP contribution is -2.42. The van der Waals surface area contributed by atoms with E-state index in [-0.39, 0.29) is 49.5 Å². The Kier molecular flexibility index (Phi) is 6.28. The van der Waals surface area contributed by atoms with Crippen LogP contribution in [0.1, 0.15) is 49.6 Å². The first-order valence-corrected chi connectivity index (χ1v) is 12.4. The van der Waals surface area contributed by atoms with Crippen molar-refractivity contribution in [3.05, 3.63) is 51.5 Å². The molecule has 3 heterocycles. The molecule has 0 spiro atoms. The van der Waals surface area contributed by atoms with E-state index in [9.17, 15) is 24.0 Å². The minimum Gasteiger partial charge on any atom is -0.501 e. The van der Waals surface area contributed by atoms with E-state index in [0.29, 0.717) is 5.56 Å². The van der Waals surface area contributed by atoms with Gasteiger partial charge in [0.05, 0.1) is 31.7 Å². The smallest absolute Gasteiger partial charge is 0.296 e. The Morgan fingerprint density at radius 2 is 1.94 bits per heavy atom. The first kappa shape index (κ1) is 24.7. The Hall–Kier alpha value is -2.43. The standard InChI is InChI=1S/C22H28FN3O7P/c1-21(2)11-32-34(30,33-12-21)15-9-14(23)6-5-13(15)10-24-18(28)16-17(27)19(29)26-7-8-31-22(3,4)20(26)25-16/h5-6,9,27,30H,7-8,10-12H2,1-4H3,(H,24,28). The highest BCUT2D eigenvalue weighted by Gasteiger charge is 2.41. The second-order valence-electron chi connectivity index (χ2n) is 9.64. The fourth-order valence-corrected chi connectivity index (χ4v) is 5.98. The molecule has 0 unspecified atom stereocenters. The molecule has 0 bridgehead atoms. The number of aromatic nitrogens is 2. The molecule has 34 heavy (non-hydrogen) atoms. The summed E-state index contributed by atoms with van der Waals surface area (Å²) in [6.45, 7) is 8.00. The molecule has 1 amide bonds. The van der Waals surface area contributed by atoms with Crippen molar-refractivity contribution in [2.45, 2.75) is 46.4 Å². The predicted molar refractivity (Wildman–Crippen MR) is 121 cm³/mol. The molecule has 1 aromatic carbocycles. The highest BCUT2D eigenvalue weighted by molar-refractivity contribution is 7.68. The Balaban J connectivity index is 1.60. The highest BCUT2D eigenvalue weighted by atomic mass is 31.2. The Morgan fingerprint density at radius 1 is 1.26 bits per heavy atom.